The number of benzene rings is 1. The molecular weight excluding hydrogens is 394 g/mol. The Hall–Kier alpha value is -2.51. The number of allylic oxidation sites excluding steroid dienone is 2. The molecule has 0 radical (unpaired) electrons. The van der Waals surface area contributed by atoms with Gasteiger partial charge in [-0.05, 0) is 36.0 Å². The highest BCUT2D eigenvalue weighted by Crippen LogP contribution is 2.52. The van der Waals surface area contributed by atoms with Crippen LogP contribution in [0.5, 0.6) is 0 Å². The molecule has 7 heteroatoms. The number of piperazine rings is 1. The second-order valence-corrected chi connectivity index (χ2v) is 9.13. The number of hydrogen-bond acceptors (Lipinski definition) is 6. The number of hydrogen-bond donors (Lipinski definition) is 0. The molecule has 0 spiro atoms. The number of carbonyl (C=O) groups is 3. The van der Waals surface area contributed by atoms with E-state index in [-0.39, 0.29) is 41.5 Å². The van der Waals surface area contributed by atoms with Crippen LogP contribution in [0.2, 0.25) is 0 Å². The Morgan fingerprint density at radius 3 is 2.06 bits per heavy atom. The molecule has 0 aromatic heterocycles. The van der Waals surface area contributed by atoms with Crippen molar-refractivity contribution in [1.82, 2.24) is 14.7 Å². The van der Waals surface area contributed by atoms with Crippen molar-refractivity contribution in [2.45, 2.75) is 13.0 Å². The van der Waals surface area contributed by atoms with Crippen LogP contribution in [0, 0.1) is 23.7 Å². The van der Waals surface area contributed by atoms with Gasteiger partial charge in [0.2, 0.25) is 11.8 Å². The fourth-order valence-corrected chi connectivity index (χ4v) is 5.72. The van der Waals surface area contributed by atoms with Gasteiger partial charge in [0, 0.05) is 45.8 Å². The lowest BCUT2D eigenvalue weighted by molar-refractivity contribution is -0.141. The molecule has 2 bridgehead atoms. The molecule has 2 amide bonds. The first-order valence-corrected chi connectivity index (χ1v) is 11.2. The van der Waals surface area contributed by atoms with Crippen LogP contribution in [-0.4, -0.2) is 78.9 Å². The van der Waals surface area contributed by atoms with E-state index in [2.05, 4.69) is 22.0 Å². The molecule has 4 atom stereocenters. The highest BCUT2D eigenvalue weighted by Gasteiger charge is 2.59. The van der Waals surface area contributed by atoms with E-state index in [1.165, 1.54) is 17.6 Å². The fraction of sp³-hybridized carbons (Fsp3) is 0.542. The summed E-state index contributed by atoms with van der Waals surface area (Å²) in [5, 5.41) is 0. The molecule has 0 unspecified atom stereocenters. The van der Waals surface area contributed by atoms with Gasteiger partial charge >= 0.3 is 5.97 Å². The first-order valence-electron chi connectivity index (χ1n) is 11.2. The number of amides is 2. The minimum absolute atomic E-state index is 0.0564. The van der Waals surface area contributed by atoms with Crippen LogP contribution in [0.4, 0.5) is 0 Å². The lowest BCUT2D eigenvalue weighted by Gasteiger charge is -2.35. The van der Waals surface area contributed by atoms with Crippen molar-refractivity contribution in [3.63, 3.8) is 0 Å². The number of likely N-dealkylation sites (tertiary alicyclic amines) is 1. The summed E-state index contributed by atoms with van der Waals surface area (Å²) in [5.74, 6) is 0.169. The Morgan fingerprint density at radius 1 is 0.903 bits per heavy atom. The Balaban J connectivity index is 1.08. The Labute approximate surface area is 182 Å². The van der Waals surface area contributed by atoms with Gasteiger partial charge < -0.3 is 4.74 Å². The average molecular weight is 424 g/mol. The summed E-state index contributed by atoms with van der Waals surface area (Å²) >= 11 is 0. The molecule has 2 heterocycles. The van der Waals surface area contributed by atoms with E-state index in [9.17, 15) is 14.4 Å². The molecule has 7 nitrogen and oxygen atoms in total. The number of ether oxygens (including phenoxy) is 1. The number of methoxy groups -OCH3 is 1. The summed E-state index contributed by atoms with van der Waals surface area (Å²) in [6.07, 6.45) is 5.26. The highest BCUT2D eigenvalue weighted by atomic mass is 16.5. The number of carbonyl (C=O) groups excluding carboxylic acids is 3. The molecule has 1 saturated carbocycles. The molecule has 2 aliphatic heterocycles. The van der Waals surface area contributed by atoms with E-state index in [4.69, 9.17) is 4.74 Å². The van der Waals surface area contributed by atoms with Gasteiger partial charge in [-0.2, -0.15) is 0 Å². The van der Waals surface area contributed by atoms with Gasteiger partial charge in [-0.1, -0.05) is 24.3 Å². The zero-order valence-corrected chi connectivity index (χ0v) is 17.9. The average Bonchev–Trinajstić information content (AvgIpc) is 3.48. The van der Waals surface area contributed by atoms with Crippen molar-refractivity contribution in [2.24, 2.45) is 23.7 Å². The van der Waals surface area contributed by atoms with E-state index in [1.807, 2.05) is 12.1 Å². The monoisotopic (exact) mass is 423 g/mol. The minimum Gasteiger partial charge on any atom is -0.465 e. The summed E-state index contributed by atoms with van der Waals surface area (Å²) in [7, 11) is 1.39. The summed E-state index contributed by atoms with van der Waals surface area (Å²) < 4.78 is 4.74. The van der Waals surface area contributed by atoms with E-state index in [0.29, 0.717) is 12.1 Å². The number of nitrogens with zero attached hydrogens (tertiary/aromatic N) is 3. The molecule has 0 N–H and O–H groups in total. The van der Waals surface area contributed by atoms with Crippen molar-refractivity contribution in [3.8, 4) is 0 Å². The Bertz CT molecular complexity index is 874. The molecule has 3 fully saturated rings. The molecule has 164 valence electrons. The Morgan fingerprint density at radius 2 is 1.48 bits per heavy atom. The fourth-order valence-electron chi connectivity index (χ4n) is 5.72. The van der Waals surface area contributed by atoms with Crippen molar-refractivity contribution in [1.29, 1.82) is 0 Å². The molecular formula is C24H29N3O4. The standard InChI is InChI=1S/C24H29N3O4/c1-31-24(30)17-4-2-16(3-5-17)15-26-10-8-25(9-11-26)12-13-27-22(28)20-18-6-7-19(14-18)21(20)23(27)29/h2-7,18-21H,8-15H2,1H3/t18-,19-,20-,21+/m0/s1. The predicted molar refractivity (Wildman–Crippen MR) is 114 cm³/mol. The molecule has 31 heavy (non-hydrogen) atoms. The first-order chi connectivity index (χ1) is 15.0. The number of esters is 1. The number of fused-ring (bicyclic) bond motifs is 5. The minimum atomic E-state index is -0.317. The molecule has 1 aromatic carbocycles. The second-order valence-electron chi connectivity index (χ2n) is 9.13. The third kappa shape index (κ3) is 3.70. The lowest BCUT2D eigenvalue weighted by Crippen LogP contribution is -2.48. The molecule has 1 aromatic rings. The van der Waals surface area contributed by atoms with Gasteiger partial charge in [-0.15, -0.1) is 0 Å². The zero-order valence-electron chi connectivity index (χ0n) is 17.9. The summed E-state index contributed by atoms with van der Waals surface area (Å²) in [4.78, 5) is 43.5. The Kier molecular flexibility index (Phi) is 5.40. The van der Waals surface area contributed by atoms with Gasteiger partial charge in [0.1, 0.15) is 0 Å². The van der Waals surface area contributed by atoms with Gasteiger partial charge in [0.05, 0.1) is 24.5 Å². The topological polar surface area (TPSA) is 70.2 Å². The van der Waals surface area contributed by atoms with Crippen LogP contribution in [0.3, 0.4) is 0 Å². The second kappa shape index (κ2) is 8.20. The van der Waals surface area contributed by atoms with Crippen molar-refractivity contribution in [3.05, 3.63) is 47.5 Å². The van der Waals surface area contributed by atoms with Gasteiger partial charge in [-0.25, -0.2) is 4.79 Å². The van der Waals surface area contributed by atoms with E-state index in [1.54, 1.807) is 12.1 Å². The van der Waals surface area contributed by atoms with Crippen LogP contribution >= 0.6 is 0 Å². The van der Waals surface area contributed by atoms with Gasteiger partial charge in [0.25, 0.3) is 0 Å². The normalized spacial score (nSPS) is 30.3. The van der Waals surface area contributed by atoms with Gasteiger partial charge in [-0.3, -0.25) is 24.3 Å². The summed E-state index contributed by atoms with van der Waals surface area (Å²) in [6.45, 7) is 5.85. The number of rotatable bonds is 6. The third-order valence-electron chi connectivity index (χ3n) is 7.45. The van der Waals surface area contributed by atoms with E-state index < -0.39 is 0 Å². The lowest BCUT2D eigenvalue weighted by atomic mass is 9.85. The predicted octanol–water partition coefficient (Wildman–Crippen LogP) is 1.40. The number of imide groups is 1. The van der Waals surface area contributed by atoms with Crippen molar-refractivity contribution in [2.75, 3.05) is 46.4 Å². The summed E-state index contributed by atoms with van der Waals surface area (Å²) in [5.41, 5.74) is 1.74. The maximum atomic E-state index is 12.8. The van der Waals surface area contributed by atoms with Crippen LogP contribution in [0.1, 0.15) is 22.3 Å². The first kappa shape index (κ1) is 20.4. The van der Waals surface area contributed by atoms with Crippen LogP contribution in [0.25, 0.3) is 0 Å². The SMILES string of the molecule is COC(=O)c1ccc(CN2CCN(CCN3C(=O)[C@@H]4[C@H](C3=O)[C@H]3C=C[C@H]4C3)CC2)cc1. The maximum absolute atomic E-state index is 12.8. The van der Waals surface area contributed by atoms with Crippen LogP contribution in [0.15, 0.2) is 36.4 Å². The molecule has 2 saturated heterocycles. The zero-order chi connectivity index (χ0) is 21.5. The van der Waals surface area contributed by atoms with Crippen LogP contribution in [-0.2, 0) is 20.9 Å². The smallest absolute Gasteiger partial charge is 0.337 e. The maximum Gasteiger partial charge on any atom is 0.337 e. The van der Waals surface area contributed by atoms with Crippen molar-refractivity contribution < 1.29 is 19.1 Å². The summed E-state index contributed by atoms with van der Waals surface area (Å²) in [6, 6.07) is 7.56. The largest absolute Gasteiger partial charge is 0.465 e. The highest BCUT2D eigenvalue weighted by molar-refractivity contribution is 6.06. The van der Waals surface area contributed by atoms with Gasteiger partial charge in [0.15, 0.2) is 0 Å². The van der Waals surface area contributed by atoms with E-state index >= 15 is 0 Å². The molecule has 4 aliphatic rings. The quantitative estimate of drug-likeness (QED) is 0.391. The van der Waals surface area contributed by atoms with Crippen LogP contribution < -0.4 is 0 Å². The van der Waals surface area contributed by atoms with E-state index in [0.717, 1.165) is 45.7 Å². The van der Waals surface area contributed by atoms with Crippen molar-refractivity contribution >= 4 is 17.8 Å². The third-order valence-corrected chi connectivity index (χ3v) is 7.45. The molecule has 2 aliphatic carbocycles. The molecule has 5 rings (SSSR count).